The first-order valence-electron chi connectivity index (χ1n) is 7.20. The first-order valence-corrected chi connectivity index (χ1v) is 8.08. The second-order valence-corrected chi connectivity index (χ2v) is 6.31. The number of aromatic nitrogens is 3. The molecule has 0 radical (unpaired) electrons. The summed E-state index contributed by atoms with van der Waals surface area (Å²) in [4.78, 5) is 23.8. The molecule has 0 aliphatic heterocycles. The first kappa shape index (κ1) is 16.4. The largest absolute Gasteiger partial charge is 0.355 e. The molecule has 6 nitrogen and oxygen atoms in total. The number of Topliss-reactive ketones (excluding diaryl/α,β-unsaturated/α-hetero) is 1. The van der Waals surface area contributed by atoms with Gasteiger partial charge in [0.15, 0.2) is 5.78 Å². The average Bonchev–Trinajstić information content (AvgIpc) is 3.07. The van der Waals surface area contributed by atoms with Gasteiger partial charge < -0.3 is 9.88 Å². The van der Waals surface area contributed by atoms with Gasteiger partial charge in [-0.15, -0.1) is 21.5 Å². The minimum Gasteiger partial charge on any atom is -0.355 e. The predicted octanol–water partition coefficient (Wildman–Crippen LogP) is 2.02. The van der Waals surface area contributed by atoms with Gasteiger partial charge in [-0.05, 0) is 37.8 Å². The third-order valence-electron chi connectivity index (χ3n) is 3.24. The lowest BCUT2D eigenvalue weighted by molar-refractivity contribution is -0.120. The van der Waals surface area contributed by atoms with Crippen LogP contribution in [0.15, 0.2) is 17.8 Å². The molecule has 0 unspecified atom stereocenters. The highest BCUT2D eigenvalue weighted by atomic mass is 32.1. The van der Waals surface area contributed by atoms with E-state index in [2.05, 4.69) is 29.4 Å². The van der Waals surface area contributed by atoms with Crippen molar-refractivity contribution in [2.75, 3.05) is 6.54 Å². The molecule has 118 valence electrons. The maximum Gasteiger partial charge on any atom is 0.224 e. The summed E-state index contributed by atoms with van der Waals surface area (Å²) >= 11 is 1.38. The van der Waals surface area contributed by atoms with Crippen LogP contribution in [-0.2, 0) is 17.6 Å². The molecule has 2 rings (SSSR count). The molecule has 2 aromatic heterocycles. The Morgan fingerprint density at radius 2 is 2.18 bits per heavy atom. The number of nitrogens with zero attached hydrogens (tertiary/aromatic N) is 3. The summed E-state index contributed by atoms with van der Waals surface area (Å²) in [6.45, 7) is 6.18. The first-order chi connectivity index (χ1) is 10.5. The van der Waals surface area contributed by atoms with Gasteiger partial charge >= 0.3 is 0 Å². The van der Waals surface area contributed by atoms with Gasteiger partial charge in [0, 0.05) is 19.0 Å². The van der Waals surface area contributed by atoms with Crippen molar-refractivity contribution in [2.45, 2.75) is 39.7 Å². The van der Waals surface area contributed by atoms with Gasteiger partial charge in [0.1, 0.15) is 12.2 Å². The Kier molecular flexibility index (Phi) is 5.43. The molecule has 0 saturated heterocycles. The molecule has 22 heavy (non-hydrogen) atoms. The van der Waals surface area contributed by atoms with E-state index in [1.165, 1.54) is 18.3 Å². The highest BCUT2D eigenvalue weighted by Crippen LogP contribution is 2.15. The Bertz CT molecular complexity index is 660. The molecule has 0 aliphatic carbocycles. The van der Waals surface area contributed by atoms with Crippen molar-refractivity contribution in [2.24, 2.45) is 0 Å². The van der Waals surface area contributed by atoms with Crippen molar-refractivity contribution in [1.29, 1.82) is 0 Å². The molecule has 0 fully saturated rings. The fourth-order valence-corrected chi connectivity index (χ4v) is 2.91. The van der Waals surface area contributed by atoms with Crippen molar-refractivity contribution in [3.63, 3.8) is 0 Å². The van der Waals surface area contributed by atoms with Gasteiger partial charge in [0.25, 0.3) is 0 Å². The monoisotopic (exact) mass is 320 g/mol. The van der Waals surface area contributed by atoms with E-state index in [1.54, 1.807) is 12.4 Å². The van der Waals surface area contributed by atoms with E-state index in [0.717, 1.165) is 11.4 Å². The number of ketones is 1. The highest BCUT2D eigenvalue weighted by molar-refractivity contribution is 7.12. The molecule has 2 heterocycles. The number of thiophene rings is 1. The lowest BCUT2D eigenvalue weighted by Gasteiger charge is -2.10. The van der Waals surface area contributed by atoms with Gasteiger partial charge in [0.05, 0.1) is 11.3 Å². The summed E-state index contributed by atoms with van der Waals surface area (Å²) in [5, 5.41) is 12.7. The van der Waals surface area contributed by atoms with Crippen LogP contribution in [-0.4, -0.2) is 33.0 Å². The number of amides is 1. The molecule has 0 bridgehead atoms. The molecule has 1 amide bonds. The third kappa shape index (κ3) is 4.24. The molecular weight excluding hydrogens is 300 g/mol. The topological polar surface area (TPSA) is 76.9 Å². The van der Waals surface area contributed by atoms with Crippen LogP contribution < -0.4 is 5.32 Å². The summed E-state index contributed by atoms with van der Waals surface area (Å²) in [5.74, 6) is 0.845. The SMILES string of the molecule is CC(=O)c1cc(CC(=O)NCCc2nncn2C(C)C)cs1. The lowest BCUT2D eigenvalue weighted by Crippen LogP contribution is -2.27. The number of rotatable bonds is 7. The summed E-state index contributed by atoms with van der Waals surface area (Å²) < 4.78 is 1.99. The summed E-state index contributed by atoms with van der Waals surface area (Å²) in [6, 6.07) is 2.08. The van der Waals surface area contributed by atoms with E-state index in [4.69, 9.17) is 0 Å². The van der Waals surface area contributed by atoms with Gasteiger partial charge in [-0.1, -0.05) is 0 Å². The smallest absolute Gasteiger partial charge is 0.224 e. The maximum atomic E-state index is 11.9. The second-order valence-electron chi connectivity index (χ2n) is 5.40. The summed E-state index contributed by atoms with van der Waals surface area (Å²) in [5.41, 5.74) is 0.873. The predicted molar refractivity (Wildman–Crippen MR) is 85.1 cm³/mol. The highest BCUT2D eigenvalue weighted by Gasteiger charge is 2.10. The molecule has 2 aromatic rings. The van der Waals surface area contributed by atoms with Gasteiger partial charge in [-0.25, -0.2) is 0 Å². The Morgan fingerprint density at radius 1 is 1.41 bits per heavy atom. The van der Waals surface area contributed by atoms with Crippen LogP contribution in [0.3, 0.4) is 0 Å². The fraction of sp³-hybridized carbons (Fsp3) is 0.467. The Labute approximate surface area is 133 Å². The zero-order chi connectivity index (χ0) is 16.1. The zero-order valence-electron chi connectivity index (χ0n) is 13.0. The minimum absolute atomic E-state index is 0.0321. The summed E-state index contributed by atoms with van der Waals surface area (Å²) in [7, 11) is 0. The quantitative estimate of drug-likeness (QED) is 0.792. The standard InChI is InChI=1S/C15H20N4O2S/c1-10(2)19-9-17-18-14(19)4-5-16-15(21)7-12-6-13(11(3)20)22-8-12/h6,8-10H,4-5,7H2,1-3H3,(H,16,21). The van der Waals surface area contributed by atoms with E-state index in [-0.39, 0.29) is 11.7 Å². The average molecular weight is 320 g/mol. The Balaban J connectivity index is 1.80. The van der Waals surface area contributed by atoms with Crippen LogP contribution in [0, 0.1) is 0 Å². The van der Waals surface area contributed by atoms with Crippen molar-refractivity contribution in [3.8, 4) is 0 Å². The van der Waals surface area contributed by atoms with E-state index in [9.17, 15) is 9.59 Å². The van der Waals surface area contributed by atoms with Crippen LogP contribution in [0.1, 0.15) is 47.9 Å². The van der Waals surface area contributed by atoms with Gasteiger partial charge in [-0.3, -0.25) is 9.59 Å². The molecule has 0 atom stereocenters. The van der Waals surface area contributed by atoms with E-state index >= 15 is 0 Å². The second kappa shape index (κ2) is 7.31. The van der Waals surface area contributed by atoms with Crippen molar-refractivity contribution >= 4 is 23.0 Å². The van der Waals surface area contributed by atoms with E-state index < -0.39 is 0 Å². The molecule has 0 saturated carbocycles. The minimum atomic E-state index is -0.0523. The Morgan fingerprint density at radius 3 is 2.82 bits per heavy atom. The normalized spacial score (nSPS) is 10.9. The molecule has 0 aromatic carbocycles. The van der Waals surface area contributed by atoms with E-state index in [1.807, 2.05) is 9.95 Å². The lowest BCUT2D eigenvalue weighted by atomic mass is 10.2. The molecule has 1 N–H and O–H groups in total. The number of carbonyl (C=O) groups is 2. The van der Waals surface area contributed by atoms with Crippen molar-refractivity contribution < 1.29 is 9.59 Å². The van der Waals surface area contributed by atoms with Crippen LogP contribution >= 0.6 is 11.3 Å². The number of hydrogen-bond acceptors (Lipinski definition) is 5. The zero-order valence-corrected chi connectivity index (χ0v) is 13.8. The van der Waals surface area contributed by atoms with Crippen LogP contribution in [0.25, 0.3) is 0 Å². The maximum absolute atomic E-state index is 11.9. The van der Waals surface area contributed by atoms with Crippen LogP contribution in [0.2, 0.25) is 0 Å². The van der Waals surface area contributed by atoms with Crippen molar-refractivity contribution in [1.82, 2.24) is 20.1 Å². The molecule has 0 spiro atoms. The fourth-order valence-electron chi connectivity index (χ4n) is 2.09. The van der Waals surface area contributed by atoms with Crippen LogP contribution in [0.5, 0.6) is 0 Å². The number of nitrogens with one attached hydrogen (secondary N) is 1. The molecular formula is C15H20N4O2S. The van der Waals surface area contributed by atoms with Crippen molar-refractivity contribution in [3.05, 3.63) is 34.0 Å². The van der Waals surface area contributed by atoms with Crippen LogP contribution in [0.4, 0.5) is 0 Å². The summed E-state index contributed by atoms with van der Waals surface area (Å²) in [6.07, 6.45) is 2.64. The number of carbonyl (C=O) groups excluding carboxylic acids is 2. The molecule has 7 heteroatoms. The van der Waals surface area contributed by atoms with Gasteiger partial charge in [0.2, 0.25) is 5.91 Å². The van der Waals surface area contributed by atoms with E-state index in [0.29, 0.717) is 30.3 Å². The Hall–Kier alpha value is -2.02. The number of hydrogen-bond donors (Lipinski definition) is 1. The third-order valence-corrected chi connectivity index (χ3v) is 4.32. The molecule has 0 aliphatic rings. The van der Waals surface area contributed by atoms with Gasteiger partial charge in [-0.2, -0.15) is 0 Å².